The van der Waals surface area contributed by atoms with Crippen LogP contribution >= 0.6 is 0 Å². The molecule has 0 aliphatic heterocycles. The summed E-state index contributed by atoms with van der Waals surface area (Å²) in [6.07, 6.45) is 5.94. The van der Waals surface area contributed by atoms with E-state index in [1.54, 1.807) is 0 Å². The Morgan fingerprint density at radius 3 is 2.62 bits per heavy atom. The minimum atomic E-state index is -0.700. The normalized spacial score (nSPS) is 33.2. The van der Waals surface area contributed by atoms with Gasteiger partial charge in [0.25, 0.3) is 0 Å². The van der Waals surface area contributed by atoms with Crippen molar-refractivity contribution in [1.29, 1.82) is 0 Å². The Bertz CT molecular complexity index is 492. The van der Waals surface area contributed by atoms with Gasteiger partial charge in [-0.25, -0.2) is 0 Å². The summed E-state index contributed by atoms with van der Waals surface area (Å²) in [5.41, 5.74) is 0.347. The zero-order chi connectivity index (χ0) is 15.0. The van der Waals surface area contributed by atoms with E-state index in [1.807, 2.05) is 12.1 Å². The molecule has 3 unspecified atom stereocenters. The molecule has 2 heteroatoms. The van der Waals surface area contributed by atoms with Gasteiger partial charge in [0.2, 0.25) is 0 Å². The fourth-order valence-corrected chi connectivity index (χ4v) is 3.92. The second kappa shape index (κ2) is 5.64. The lowest BCUT2D eigenvalue weighted by Gasteiger charge is -2.45. The maximum Gasteiger partial charge on any atom is 0.120 e. The molecule has 0 bridgehead atoms. The van der Waals surface area contributed by atoms with Crippen LogP contribution in [0.3, 0.4) is 0 Å². The summed E-state index contributed by atoms with van der Waals surface area (Å²) in [6, 6.07) is 8.20. The van der Waals surface area contributed by atoms with Crippen molar-refractivity contribution in [3.8, 4) is 5.75 Å². The summed E-state index contributed by atoms with van der Waals surface area (Å²) in [5.74, 6) is 2.34. The van der Waals surface area contributed by atoms with Gasteiger partial charge >= 0.3 is 0 Å². The van der Waals surface area contributed by atoms with Gasteiger partial charge in [-0.15, -0.1) is 0 Å². The quantitative estimate of drug-likeness (QED) is 0.883. The SMILES string of the molecule is CC1CCC(C(C)C)C(O)(c2cccc(OC3CC3)c2)C1. The van der Waals surface area contributed by atoms with E-state index >= 15 is 0 Å². The van der Waals surface area contributed by atoms with Crippen LogP contribution in [-0.2, 0) is 5.60 Å². The van der Waals surface area contributed by atoms with Gasteiger partial charge in [-0.3, -0.25) is 0 Å². The lowest BCUT2D eigenvalue weighted by molar-refractivity contribution is -0.0867. The first-order chi connectivity index (χ1) is 9.99. The highest BCUT2D eigenvalue weighted by Crippen LogP contribution is 2.47. The van der Waals surface area contributed by atoms with Crippen molar-refractivity contribution < 1.29 is 9.84 Å². The molecule has 2 nitrogen and oxygen atoms in total. The second-order valence-corrected chi connectivity index (χ2v) is 7.51. The molecule has 0 heterocycles. The second-order valence-electron chi connectivity index (χ2n) is 7.51. The van der Waals surface area contributed by atoms with Crippen molar-refractivity contribution in [2.75, 3.05) is 0 Å². The number of rotatable bonds is 4. The average Bonchev–Trinajstić information content (AvgIpc) is 3.22. The number of aliphatic hydroxyl groups is 1. The predicted octanol–water partition coefficient (Wildman–Crippen LogP) is 4.51. The molecule has 116 valence electrons. The van der Waals surface area contributed by atoms with Gasteiger partial charge in [0.15, 0.2) is 0 Å². The van der Waals surface area contributed by atoms with Crippen LogP contribution in [0.4, 0.5) is 0 Å². The maximum absolute atomic E-state index is 11.5. The Labute approximate surface area is 128 Å². The smallest absolute Gasteiger partial charge is 0.120 e. The summed E-state index contributed by atoms with van der Waals surface area (Å²) >= 11 is 0. The molecule has 2 fully saturated rings. The van der Waals surface area contributed by atoms with Crippen molar-refractivity contribution in [3.63, 3.8) is 0 Å². The lowest BCUT2D eigenvalue weighted by atomic mass is 9.64. The monoisotopic (exact) mass is 288 g/mol. The van der Waals surface area contributed by atoms with Crippen molar-refractivity contribution >= 4 is 0 Å². The molecule has 1 aromatic rings. The fraction of sp³-hybridized carbons (Fsp3) is 0.684. The molecule has 1 aromatic carbocycles. The molecule has 2 aliphatic rings. The maximum atomic E-state index is 11.5. The minimum Gasteiger partial charge on any atom is -0.490 e. The number of benzene rings is 1. The van der Waals surface area contributed by atoms with E-state index in [0.717, 1.165) is 24.2 Å². The topological polar surface area (TPSA) is 29.5 Å². The van der Waals surface area contributed by atoms with Gasteiger partial charge in [-0.05, 0) is 61.1 Å². The van der Waals surface area contributed by atoms with E-state index in [4.69, 9.17) is 4.74 Å². The first-order valence-electron chi connectivity index (χ1n) is 8.48. The summed E-state index contributed by atoms with van der Waals surface area (Å²) in [4.78, 5) is 0. The van der Waals surface area contributed by atoms with Crippen molar-refractivity contribution in [2.45, 2.75) is 64.6 Å². The van der Waals surface area contributed by atoms with Crippen LogP contribution in [0.1, 0.15) is 58.4 Å². The number of hydrogen-bond donors (Lipinski definition) is 1. The van der Waals surface area contributed by atoms with E-state index in [0.29, 0.717) is 23.9 Å². The third kappa shape index (κ3) is 3.11. The third-order valence-corrected chi connectivity index (χ3v) is 5.21. The Balaban J connectivity index is 1.90. The zero-order valence-corrected chi connectivity index (χ0v) is 13.5. The Morgan fingerprint density at radius 2 is 1.95 bits per heavy atom. The summed E-state index contributed by atoms with van der Waals surface area (Å²) < 4.78 is 5.91. The highest BCUT2D eigenvalue weighted by molar-refractivity contribution is 5.34. The summed E-state index contributed by atoms with van der Waals surface area (Å²) in [5, 5.41) is 11.5. The highest BCUT2D eigenvalue weighted by Gasteiger charge is 2.44. The molecule has 0 aromatic heterocycles. The Kier molecular flexibility index (Phi) is 4.00. The molecule has 3 atom stereocenters. The molecule has 2 saturated carbocycles. The Morgan fingerprint density at radius 1 is 1.19 bits per heavy atom. The van der Waals surface area contributed by atoms with E-state index < -0.39 is 5.60 Å². The standard InChI is InChI=1S/C19H28O2/c1-13(2)18-10-7-14(3)12-19(18,20)15-5-4-6-17(11-15)21-16-8-9-16/h4-6,11,13-14,16,18,20H,7-10,12H2,1-3H3. The Hall–Kier alpha value is -1.02. The summed E-state index contributed by atoms with van der Waals surface area (Å²) in [6.45, 7) is 6.72. The molecule has 3 rings (SSSR count). The molecular formula is C19H28O2. The van der Waals surface area contributed by atoms with Gasteiger partial charge in [0.05, 0.1) is 11.7 Å². The molecule has 21 heavy (non-hydrogen) atoms. The average molecular weight is 288 g/mol. The van der Waals surface area contributed by atoms with E-state index in [-0.39, 0.29) is 0 Å². The van der Waals surface area contributed by atoms with E-state index in [9.17, 15) is 5.11 Å². The molecule has 2 aliphatic carbocycles. The van der Waals surface area contributed by atoms with Crippen LogP contribution in [0.25, 0.3) is 0 Å². The zero-order valence-electron chi connectivity index (χ0n) is 13.5. The third-order valence-electron chi connectivity index (χ3n) is 5.21. The fourth-order valence-electron chi connectivity index (χ4n) is 3.92. The number of ether oxygens (including phenoxy) is 1. The van der Waals surface area contributed by atoms with Crippen molar-refractivity contribution in [1.82, 2.24) is 0 Å². The first kappa shape index (κ1) is 14.9. The molecule has 1 N–H and O–H groups in total. The van der Waals surface area contributed by atoms with Crippen LogP contribution in [-0.4, -0.2) is 11.2 Å². The van der Waals surface area contributed by atoms with Gasteiger partial charge in [-0.1, -0.05) is 39.3 Å². The largest absolute Gasteiger partial charge is 0.490 e. The minimum absolute atomic E-state index is 0.338. The number of hydrogen-bond acceptors (Lipinski definition) is 2. The molecule has 0 amide bonds. The van der Waals surface area contributed by atoms with Gasteiger partial charge in [0, 0.05) is 0 Å². The lowest BCUT2D eigenvalue weighted by Crippen LogP contribution is -2.43. The van der Waals surface area contributed by atoms with Crippen LogP contribution in [0.15, 0.2) is 24.3 Å². The van der Waals surface area contributed by atoms with Gasteiger partial charge < -0.3 is 9.84 Å². The van der Waals surface area contributed by atoms with Gasteiger partial charge in [-0.2, -0.15) is 0 Å². The molecule has 0 saturated heterocycles. The molecule has 0 spiro atoms. The summed E-state index contributed by atoms with van der Waals surface area (Å²) in [7, 11) is 0. The van der Waals surface area contributed by atoms with Crippen LogP contribution < -0.4 is 4.74 Å². The van der Waals surface area contributed by atoms with Gasteiger partial charge in [0.1, 0.15) is 5.75 Å². The van der Waals surface area contributed by atoms with Crippen molar-refractivity contribution in [3.05, 3.63) is 29.8 Å². The van der Waals surface area contributed by atoms with Crippen LogP contribution in [0.5, 0.6) is 5.75 Å². The van der Waals surface area contributed by atoms with Crippen LogP contribution in [0.2, 0.25) is 0 Å². The van der Waals surface area contributed by atoms with Crippen LogP contribution in [0, 0.1) is 17.8 Å². The highest BCUT2D eigenvalue weighted by atomic mass is 16.5. The van der Waals surface area contributed by atoms with E-state index in [1.165, 1.54) is 19.3 Å². The van der Waals surface area contributed by atoms with E-state index in [2.05, 4.69) is 32.9 Å². The molecular weight excluding hydrogens is 260 g/mol. The first-order valence-corrected chi connectivity index (χ1v) is 8.48. The van der Waals surface area contributed by atoms with Crippen molar-refractivity contribution in [2.24, 2.45) is 17.8 Å². The molecule has 0 radical (unpaired) electrons. The predicted molar refractivity (Wildman–Crippen MR) is 85.3 cm³/mol.